The Morgan fingerprint density at radius 2 is 1.81 bits per heavy atom. The molecule has 1 amide bonds. The topological polar surface area (TPSA) is 53.4 Å². The SMILES string of the molecule is O=C([C@H](O)c1ccc(F)cc1)N1CC(c2ccncc2)C1. The first-order valence-corrected chi connectivity index (χ1v) is 6.77. The van der Waals surface area contributed by atoms with Gasteiger partial charge in [-0.3, -0.25) is 9.78 Å². The summed E-state index contributed by atoms with van der Waals surface area (Å²) < 4.78 is 12.8. The Bertz CT molecular complexity index is 624. The number of hydrogen-bond donors (Lipinski definition) is 1. The van der Waals surface area contributed by atoms with Crippen molar-refractivity contribution in [1.82, 2.24) is 9.88 Å². The van der Waals surface area contributed by atoms with Crippen molar-refractivity contribution in [2.45, 2.75) is 12.0 Å². The molecule has 1 aliphatic rings. The van der Waals surface area contributed by atoms with Crippen LogP contribution in [0.1, 0.15) is 23.1 Å². The molecule has 1 fully saturated rings. The number of carbonyl (C=O) groups excluding carboxylic acids is 1. The molecule has 0 unspecified atom stereocenters. The second-order valence-electron chi connectivity index (χ2n) is 5.17. The minimum absolute atomic E-state index is 0.289. The molecule has 1 atom stereocenters. The second-order valence-corrected chi connectivity index (χ2v) is 5.17. The highest BCUT2D eigenvalue weighted by atomic mass is 19.1. The van der Waals surface area contributed by atoms with Crippen molar-refractivity contribution in [2.24, 2.45) is 0 Å². The summed E-state index contributed by atoms with van der Waals surface area (Å²) in [5, 5.41) is 10.0. The van der Waals surface area contributed by atoms with Crippen LogP contribution in [-0.4, -0.2) is 34.0 Å². The Morgan fingerprint density at radius 3 is 2.43 bits per heavy atom. The summed E-state index contributed by atoms with van der Waals surface area (Å²) in [6, 6.07) is 9.20. The van der Waals surface area contributed by atoms with Crippen molar-refractivity contribution in [3.8, 4) is 0 Å². The maximum Gasteiger partial charge on any atom is 0.256 e. The average Bonchev–Trinajstić information content (AvgIpc) is 2.47. The standard InChI is InChI=1S/C16H15FN2O2/c17-14-3-1-12(2-4-14)15(20)16(21)19-9-13(10-19)11-5-7-18-8-6-11/h1-8,13,15,20H,9-10H2/t15-/m1/s1. The van der Waals surface area contributed by atoms with Crippen LogP contribution >= 0.6 is 0 Å². The summed E-state index contributed by atoms with van der Waals surface area (Å²) in [7, 11) is 0. The highest BCUT2D eigenvalue weighted by Gasteiger charge is 2.35. The average molecular weight is 286 g/mol. The third-order valence-corrected chi connectivity index (χ3v) is 3.79. The number of aliphatic hydroxyl groups excluding tert-OH is 1. The van der Waals surface area contributed by atoms with E-state index in [1.54, 1.807) is 17.3 Å². The molecule has 2 heterocycles. The molecule has 108 valence electrons. The van der Waals surface area contributed by atoms with E-state index in [0.717, 1.165) is 5.56 Å². The Morgan fingerprint density at radius 1 is 1.19 bits per heavy atom. The van der Waals surface area contributed by atoms with Gasteiger partial charge in [0, 0.05) is 31.4 Å². The van der Waals surface area contributed by atoms with Crippen molar-refractivity contribution >= 4 is 5.91 Å². The van der Waals surface area contributed by atoms with Crippen LogP contribution in [0.5, 0.6) is 0 Å². The van der Waals surface area contributed by atoms with Gasteiger partial charge in [-0.05, 0) is 35.4 Å². The van der Waals surface area contributed by atoms with Crippen molar-refractivity contribution in [3.05, 3.63) is 65.7 Å². The number of amides is 1. The Kier molecular flexibility index (Phi) is 3.66. The largest absolute Gasteiger partial charge is 0.378 e. The Labute approximate surface area is 121 Å². The zero-order valence-electron chi connectivity index (χ0n) is 11.3. The van der Waals surface area contributed by atoms with E-state index >= 15 is 0 Å². The highest BCUT2D eigenvalue weighted by Crippen LogP contribution is 2.29. The predicted octanol–water partition coefficient (Wildman–Crippen LogP) is 1.88. The lowest BCUT2D eigenvalue weighted by molar-refractivity contribution is -0.145. The molecular formula is C16H15FN2O2. The highest BCUT2D eigenvalue weighted by molar-refractivity contribution is 5.83. The molecule has 5 heteroatoms. The van der Waals surface area contributed by atoms with Gasteiger partial charge in [0.2, 0.25) is 0 Å². The fourth-order valence-electron chi connectivity index (χ4n) is 2.47. The van der Waals surface area contributed by atoms with Gasteiger partial charge in [0.1, 0.15) is 5.82 Å². The lowest BCUT2D eigenvalue weighted by Gasteiger charge is -2.40. The van der Waals surface area contributed by atoms with Gasteiger partial charge in [-0.15, -0.1) is 0 Å². The van der Waals surface area contributed by atoms with E-state index in [9.17, 15) is 14.3 Å². The summed E-state index contributed by atoms with van der Waals surface area (Å²) in [5.74, 6) is -0.440. The molecule has 21 heavy (non-hydrogen) atoms. The molecule has 0 bridgehead atoms. The van der Waals surface area contributed by atoms with Crippen LogP contribution in [0.2, 0.25) is 0 Å². The number of likely N-dealkylation sites (tertiary alicyclic amines) is 1. The molecule has 2 aromatic rings. The minimum Gasteiger partial charge on any atom is -0.378 e. The van der Waals surface area contributed by atoms with Gasteiger partial charge >= 0.3 is 0 Å². The van der Waals surface area contributed by atoms with E-state index < -0.39 is 6.10 Å². The van der Waals surface area contributed by atoms with Crippen molar-refractivity contribution in [2.75, 3.05) is 13.1 Å². The first-order chi connectivity index (χ1) is 10.1. The van der Waals surface area contributed by atoms with Gasteiger partial charge in [-0.25, -0.2) is 4.39 Å². The smallest absolute Gasteiger partial charge is 0.256 e. The van der Waals surface area contributed by atoms with Crippen LogP contribution < -0.4 is 0 Å². The van der Waals surface area contributed by atoms with E-state index in [1.165, 1.54) is 24.3 Å². The van der Waals surface area contributed by atoms with Crippen LogP contribution in [0.25, 0.3) is 0 Å². The monoisotopic (exact) mass is 286 g/mol. The van der Waals surface area contributed by atoms with Crippen LogP contribution in [0.3, 0.4) is 0 Å². The molecular weight excluding hydrogens is 271 g/mol. The van der Waals surface area contributed by atoms with Crippen molar-refractivity contribution in [3.63, 3.8) is 0 Å². The fourth-order valence-corrected chi connectivity index (χ4v) is 2.47. The second kappa shape index (κ2) is 5.61. The molecule has 0 radical (unpaired) electrons. The Balaban J connectivity index is 1.61. The minimum atomic E-state index is -1.23. The van der Waals surface area contributed by atoms with E-state index in [4.69, 9.17) is 0 Å². The molecule has 0 aliphatic carbocycles. The van der Waals surface area contributed by atoms with Gasteiger partial charge in [0.15, 0.2) is 6.10 Å². The number of nitrogens with zero attached hydrogens (tertiary/aromatic N) is 2. The quantitative estimate of drug-likeness (QED) is 0.937. The third-order valence-electron chi connectivity index (χ3n) is 3.79. The van der Waals surface area contributed by atoms with E-state index in [2.05, 4.69) is 4.98 Å². The van der Waals surface area contributed by atoms with Crippen molar-refractivity contribution in [1.29, 1.82) is 0 Å². The van der Waals surface area contributed by atoms with E-state index in [-0.39, 0.29) is 17.6 Å². The molecule has 1 aromatic heterocycles. The van der Waals surface area contributed by atoms with Gasteiger partial charge in [0.25, 0.3) is 5.91 Å². The normalized spacial score (nSPS) is 16.4. The predicted molar refractivity (Wildman–Crippen MR) is 74.9 cm³/mol. The Hall–Kier alpha value is -2.27. The van der Waals surface area contributed by atoms with Crippen LogP contribution in [-0.2, 0) is 4.79 Å². The van der Waals surface area contributed by atoms with Crippen LogP contribution in [0.4, 0.5) is 4.39 Å². The summed E-state index contributed by atoms with van der Waals surface area (Å²) in [5.41, 5.74) is 1.55. The first kappa shape index (κ1) is 13.7. The number of aromatic nitrogens is 1. The van der Waals surface area contributed by atoms with Gasteiger partial charge in [-0.1, -0.05) is 12.1 Å². The fraction of sp³-hybridized carbons (Fsp3) is 0.250. The van der Waals surface area contributed by atoms with Crippen LogP contribution in [0, 0.1) is 5.82 Å². The molecule has 1 saturated heterocycles. The molecule has 3 rings (SSSR count). The van der Waals surface area contributed by atoms with E-state index in [0.29, 0.717) is 18.7 Å². The molecule has 1 aliphatic heterocycles. The molecule has 4 nitrogen and oxygen atoms in total. The summed E-state index contributed by atoms with van der Waals surface area (Å²) >= 11 is 0. The zero-order chi connectivity index (χ0) is 14.8. The third kappa shape index (κ3) is 2.78. The van der Waals surface area contributed by atoms with E-state index in [1.807, 2.05) is 12.1 Å². The number of aliphatic hydroxyl groups is 1. The number of rotatable bonds is 3. The lowest BCUT2D eigenvalue weighted by Crippen LogP contribution is -2.50. The molecule has 0 saturated carbocycles. The molecule has 0 spiro atoms. The number of hydrogen-bond acceptors (Lipinski definition) is 3. The molecule has 1 aromatic carbocycles. The number of carbonyl (C=O) groups is 1. The van der Waals surface area contributed by atoms with Gasteiger partial charge in [-0.2, -0.15) is 0 Å². The van der Waals surface area contributed by atoms with Gasteiger partial charge in [0.05, 0.1) is 0 Å². The number of halogens is 1. The maximum atomic E-state index is 12.8. The first-order valence-electron chi connectivity index (χ1n) is 6.77. The number of pyridine rings is 1. The summed E-state index contributed by atoms with van der Waals surface area (Å²) in [6.07, 6.45) is 2.23. The van der Waals surface area contributed by atoms with Crippen molar-refractivity contribution < 1.29 is 14.3 Å². The summed E-state index contributed by atoms with van der Waals surface area (Å²) in [6.45, 7) is 1.17. The summed E-state index contributed by atoms with van der Waals surface area (Å²) in [4.78, 5) is 17.7. The lowest BCUT2D eigenvalue weighted by atomic mass is 9.91. The van der Waals surface area contributed by atoms with Gasteiger partial charge < -0.3 is 10.0 Å². The maximum absolute atomic E-state index is 12.8. The zero-order valence-corrected chi connectivity index (χ0v) is 11.3. The number of benzene rings is 1. The van der Waals surface area contributed by atoms with Crippen LogP contribution in [0.15, 0.2) is 48.8 Å². The molecule has 1 N–H and O–H groups in total.